The molecule has 0 radical (unpaired) electrons. The molecule has 7 heteroatoms. The van der Waals surface area contributed by atoms with Gasteiger partial charge in [0.1, 0.15) is 0 Å². The van der Waals surface area contributed by atoms with Crippen molar-refractivity contribution in [3.8, 4) is 0 Å². The maximum atomic E-state index is 11.1. The summed E-state index contributed by atoms with van der Waals surface area (Å²) < 4.78 is 35.4. The summed E-state index contributed by atoms with van der Waals surface area (Å²) in [7, 11) is -0.416. The highest BCUT2D eigenvalue weighted by Gasteiger charge is 2.18. The fourth-order valence-corrected chi connectivity index (χ4v) is 2.35. The fourth-order valence-electron chi connectivity index (χ4n) is 1.48. The second-order valence-electron chi connectivity index (χ2n) is 4.58. The SMILES string of the molecule is C=C(C)C(=O)OCCC(CN(C)C)CS(=O)(=O)O. The molecule has 0 aromatic carbocycles. The first kappa shape index (κ1) is 17.1. The third-order valence-corrected chi connectivity index (χ3v) is 3.07. The van der Waals surface area contributed by atoms with Crippen molar-refractivity contribution in [1.82, 2.24) is 4.90 Å². The van der Waals surface area contributed by atoms with Crippen LogP contribution in [0.5, 0.6) is 0 Å². The fraction of sp³-hybridized carbons (Fsp3) is 0.727. The minimum atomic E-state index is -4.02. The summed E-state index contributed by atoms with van der Waals surface area (Å²) in [5.74, 6) is -1.12. The number of rotatable bonds is 8. The summed E-state index contributed by atoms with van der Waals surface area (Å²) in [5, 5.41) is 0. The molecule has 0 heterocycles. The lowest BCUT2D eigenvalue weighted by Crippen LogP contribution is -2.28. The van der Waals surface area contributed by atoms with Gasteiger partial charge in [-0.2, -0.15) is 8.42 Å². The van der Waals surface area contributed by atoms with Crippen LogP contribution in [0, 0.1) is 5.92 Å². The number of hydrogen-bond donors (Lipinski definition) is 1. The van der Waals surface area contributed by atoms with Gasteiger partial charge in [-0.05, 0) is 33.4 Å². The van der Waals surface area contributed by atoms with Gasteiger partial charge in [-0.25, -0.2) is 4.79 Å². The summed E-state index contributed by atoms with van der Waals surface area (Å²) in [5.41, 5.74) is 0.300. The van der Waals surface area contributed by atoms with Crippen molar-refractivity contribution < 1.29 is 22.5 Å². The molecule has 0 amide bonds. The number of carbonyl (C=O) groups is 1. The predicted octanol–water partition coefficient (Wildman–Crippen LogP) is 0.561. The van der Waals surface area contributed by atoms with E-state index in [0.717, 1.165) is 0 Å². The molecule has 0 aromatic heterocycles. The first-order chi connectivity index (χ1) is 8.11. The number of nitrogens with zero attached hydrogens (tertiary/aromatic N) is 1. The molecule has 1 atom stereocenters. The lowest BCUT2D eigenvalue weighted by atomic mass is 10.1. The Kier molecular flexibility index (Phi) is 7.12. The standard InChI is InChI=1S/C11H21NO5S/c1-9(2)11(13)17-6-5-10(7-12(3)4)8-18(14,15)16/h10H,1,5-8H2,2-4H3,(H,14,15,16). The van der Waals surface area contributed by atoms with Crippen molar-refractivity contribution >= 4 is 16.1 Å². The zero-order valence-corrected chi connectivity index (χ0v) is 11.9. The van der Waals surface area contributed by atoms with Gasteiger partial charge in [0.15, 0.2) is 0 Å². The quantitative estimate of drug-likeness (QED) is 0.397. The molecule has 0 rings (SSSR count). The minimum absolute atomic E-state index is 0.111. The van der Waals surface area contributed by atoms with E-state index in [1.807, 2.05) is 4.90 Å². The molecule has 1 unspecified atom stereocenters. The second-order valence-corrected chi connectivity index (χ2v) is 6.08. The average molecular weight is 279 g/mol. The third kappa shape index (κ3) is 9.15. The highest BCUT2D eigenvalue weighted by atomic mass is 32.2. The predicted molar refractivity (Wildman–Crippen MR) is 68.8 cm³/mol. The number of ether oxygens (including phenoxy) is 1. The van der Waals surface area contributed by atoms with Gasteiger partial charge in [0.2, 0.25) is 0 Å². The Hall–Kier alpha value is -0.920. The van der Waals surface area contributed by atoms with Gasteiger partial charge in [-0.3, -0.25) is 4.55 Å². The summed E-state index contributed by atoms with van der Waals surface area (Å²) in [6, 6.07) is 0. The van der Waals surface area contributed by atoms with Gasteiger partial charge in [-0.15, -0.1) is 0 Å². The molecular formula is C11H21NO5S. The second kappa shape index (κ2) is 7.50. The van der Waals surface area contributed by atoms with Crippen LogP contribution in [0.2, 0.25) is 0 Å². The van der Waals surface area contributed by atoms with Gasteiger partial charge in [-0.1, -0.05) is 6.58 Å². The third-order valence-electron chi connectivity index (χ3n) is 2.18. The van der Waals surface area contributed by atoms with Crippen LogP contribution in [0.4, 0.5) is 0 Å². The molecule has 0 bridgehead atoms. The number of carbonyl (C=O) groups excluding carboxylic acids is 1. The van der Waals surface area contributed by atoms with Gasteiger partial charge in [0.05, 0.1) is 12.4 Å². The van der Waals surface area contributed by atoms with Crippen LogP contribution in [0.25, 0.3) is 0 Å². The van der Waals surface area contributed by atoms with Crippen LogP contribution < -0.4 is 0 Å². The van der Waals surface area contributed by atoms with Gasteiger partial charge >= 0.3 is 5.97 Å². The Labute approximate surface area is 108 Å². The number of hydrogen-bond acceptors (Lipinski definition) is 5. The summed E-state index contributed by atoms with van der Waals surface area (Å²) >= 11 is 0. The highest BCUT2D eigenvalue weighted by Crippen LogP contribution is 2.09. The van der Waals surface area contributed by atoms with Crippen LogP contribution in [-0.4, -0.2) is 56.8 Å². The Morgan fingerprint density at radius 1 is 1.44 bits per heavy atom. The zero-order chi connectivity index (χ0) is 14.3. The molecule has 0 spiro atoms. The first-order valence-corrected chi connectivity index (χ1v) is 7.15. The molecule has 0 aromatic rings. The topological polar surface area (TPSA) is 83.9 Å². The summed E-state index contributed by atoms with van der Waals surface area (Å²) in [4.78, 5) is 12.9. The zero-order valence-electron chi connectivity index (χ0n) is 11.0. The Morgan fingerprint density at radius 2 is 2.00 bits per heavy atom. The van der Waals surface area contributed by atoms with E-state index in [1.54, 1.807) is 14.1 Å². The maximum Gasteiger partial charge on any atom is 0.333 e. The van der Waals surface area contributed by atoms with E-state index in [9.17, 15) is 13.2 Å². The van der Waals surface area contributed by atoms with Crippen molar-refractivity contribution in [2.45, 2.75) is 13.3 Å². The Bertz CT molecular complexity index is 388. The smallest absolute Gasteiger partial charge is 0.333 e. The molecule has 0 aliphatic heterocycles. The lowest BCUT2D eigenvalue weighted by molar-refractivity contribution is -0.139. The summed E-state index contributed by atoms with van der Waals surface area (Å²) in [6.07, 6.45) is 0.372. The lowest BCUT2D eigenvalue weighted by Gasteiger charge is -2.19. The van der Waals surface area contributed by atoms with Crippen molar-refractivity contribution in [2.75, 3.05) is 33.0 Å². The van der Waals surface area contributed by atoms with E-state index in [4.69, 9.17) is 9.29 Å². The molecule has 0 aliphatic carbocycles. The van der Waals surface area contributed by atoms with Crippen LogP contribution in [0.3, 0.4) is 0 Å². The molecule has 106 valence electrons. The van der Waals surface area contributed by atoms with Gasteiger partial charge in [0.25, 0.3) is 10.1 Å². The van der Waals surface area contributed by atoms with E-state index in [1.165, 1.54) is 6.92 Å². The van der Waals surface area contributed by atoms with Crippen molar-refractivity contribution in [3.63, 3.8) is 0 Å². The van der Waals surface area contributed by atoms with Crippen LogP contribution in [-0.2, 0) is 19.6 Å². The van der Waals surface area contributed by atoms with Crippen LogP contribution in [0.15, 0.2) is 12.2 Å². The number of esters is 1. The monoisotopic (exact) mass is 279 g/mol. The Morgan fingerprint density at radius 3 is 2.39 bits per heavy atom. The van der Waals surface area contributed by atoms with E-state index < -0.39 is 16.1 Å². The molecule has 0 aliphatic rings. The molecule has 6 nitrogen and oxygen atoms in total. The highest BCUT2D eigenvalue weighted by molar-refractivity contribution is 7.85. The molecular weight excluding hydrogens is 258 g/mol. The maximum absolute atomic E-state index is 11.1. The van der Waals surface area contributed by atoms with Crippen LogP contribution in [0.1, 0.15) is 13.3 Å². The van der Waals surface area contributed by atoms with Crippen molar-refractivity contribution in [2.24, 2.45) is 5.92 Å². The summed E-state index contributed by atoms with van der Waals surface area (Å²) in [6.45, 7) is 5.58. The molecule has 18 heavy (non-hydrogen) atoms. The van der Waals surface area contributed by atoms with E-state index in [0.29, 0.717) is 18.5 Å². The molecule has 0 saturated carbocycles. The molecule has 0 saturated heterocycles. The largest absolute Gasteiger partial charge is 0.462 e. The average Bonchev–Trinajstić information content (AvgIpc) is 2.13. The van der Waals surface area contributed by atoms with Crippen LogP contribution >= 0.6 is 0 Å². The molecule has 1 N–H and O–H groups in total. The van der Waals surface area contributed by atoms with Gasteiger partial charge in [0, 0.05) is 12.1 Å². The Balaban J connectivity index is 4.25. The van der Waals surface area contributed by atoms with E-state index in [2.05, 4.69) is 6.58 Å². The normalized spacial score (nSPS) is 13.4. The van der Waals surface area contributed by atoms with Crippen molar-refractivity contribution in [3.05, 3.63) is 12.2 Å². The van der Waals surface area contributed by atoms with Gasteiger partial charge < -0.3 is 9.64 Å². The molecule has 0 fully saturated rings. The van der Waals surface area contributed by atoms with Crippen molar-refractivity contribution in [1.29, 1.82) is 0 Å². The van der Waals surface area contributed by atoms with E-state index >= 15 is 0 Å². The minimum Gasteiger partial charge on any atom is -0.462 e. The van der Waals surface area contributed by atoms with E-state index in [-0.39, 0.29) is 18.3 Å². The first-order valence-electron chi connectivity index (χ1n) is 5.54.